The number of anilines is 4. The van der Waals surface area contributed by atoms with Crippen LogP contribution in [0.4, 0.5) is 26.6 Å². The molecule has 0 radical (unpaired) electrons. The largest absolute Gasteiger partial charge is 0.381 e. The number of aromatic nitrogens is 3. The quantitative estimate of drug-likeness (QED) is 0.209. The monoisotopic (exact) mass is 703 g/mol. The van der Waals surface area contributed by atoms with Gasteiger partial charge in [-0.1, -0.05) is 0 Å². The van der Waals surface area contributed by atoms with E-state index < -0.39 is 11.7 Å². The number of hydrogen-bond donors (Lipinski definition) is 2. The topological polar surface area (TPSA) is 130 Å². The number of aryl methyl sites for hydroxylation is 1. The lowest BCUT2D eigenvalue weighted by molar-refractivity contribution is -0.000511. The van der Waals surface area contributed by atoms with Crippen LogP contribution in [0.2, 0.25) is 0 Å². The highest BCUT2D eigenvalue weighted by Crippen LogP contribution is 2.44. The van der Waals surface area contributed by atoms with Crippen molar-refractivity contribution >= 4 is 51.3 Å². The van der Waals surface area contributed by atoms with Gasteiger partial charge in [0.25, 0.3) is 17.7 Å². The van der Waals surface area contributed by atoms with Crippen molar-refractivity contribution < 1.29 is 23.5 Å². The molecule has 3 aliphatic heterocycles. The lowest BCUT2D eigenvalue weighted by Gasteiger charge is -2.53. The average Bonchev–Trinajstić information content (AvgIpc) is 3.46. The van der Waals surface area contributed by atoms with Crippen molar-refractivity contribution in [3.8, 4) is 10.6 Å². The van der Waals surface area contributed by atoms with Crippen LogP contribution in [-0.2, 0) is 11.2 Å². The normalized spacial score (nSPS) is 16.0. The van der Waals surface area contributed by atoms with Crippen molar-refractivity contribution in [2.24, 2.45) is 5.41 Å². The van der Waals surface area contributed by atoms with Crippen molar-refractivity contribution in [1.29, 1.82) is 0 Å². The van der Waals surface area contributed by atoms with Crippen LogP contribution >= 0.6 is 11.3 Å². The number of rotatable bonds is 6. The highest BCUT2D eigenvalue weighted by Gasteiger charge is 2.45. The van der Waals surface area contributed by atoms with E-state index in [2.05, 4.69) is 30.5 Å². The van der Waals surface area contributed by atoms with Crippen LogP contribution < -0.4 is 20.4 Å². The van der Waals surface area contributed by atoms with Gasteiger partial charge in [-0.25, -0.2) is 14.4 Å². The van der Waals surface area contributed by atoms with Crippen molar-refractivity contribution in [2.75, 3.05) is 53.3 Å². The third-order valence-corrected chi connectivity index (χ3v) is 10.8. The minimum Gasteiger partial charge on any atom is -0.381 e. The van der Waals surface area contributed by atoms with E-state index in [0.717, 1.165) is 55.1 Å². The zero-order valence-electron chi connectivity index (χ0n) is 27.8. The predicted octanol–water partition coefficient (Wildman–Crippen LogP) is 6.37. The summed E-state index contributed by atoms with van der Waals surface area (Å²) in [4.78, 5) is 58.1. The van der Waals surface area contributed by atoms with Crippen LogP contribution in [0.5, 0.6) is 0 Å². The molecule has 11 nitrogen and oxygen atoms in total. The molecular weight excluding hydrogens is 670 g/mol. The van der Waals surface area contributed by atoms with E-state index in [4.69, 9.17) is 4.74 Å². The molecule has 8 rings (SSSR count). The molecule has 13 heteroatoms. The van der Waals surface area contributed by atoms with Gasteiger partial charge >= 0.3 is 0 Å². The number of amides is 3. The van der Waals surface area contributed by atoms with Gasteiger partial charge in [0.15, 0.2) is 11.5 Å². The van der Waals surface area contributed by atoms with Gasteiger partial charge in [0.2, 0.25) is 0 Å². The molecule has 0 unspecified atom stereocenters. The smallest absolute Gasteiger partial charge is 0.277 e. The summed E-state index contributed by atoms with van der Waals surface area (Å²) in [5.74, 6) is -1.12. The van der Waals surface area contributed by atoms with Crippen LogP contribution in [0.15, 0.2) is 79.3 Å². The Morgan fingerprint density at radius 1 is 0.922 bits per heavy atom. The number of carbonyl (C=O) groups is 3. The number of halogens is 1. The Bertz CT molecular complexity index is 2160. The summed E-state index contributed by atoms with van der Waals surface area (Å²) in [6.07, 6.45) is 7.37. The van der Waals surface area contributed by atoms with Crippen molar-refractivity contribution in [1.82, 2.24) is 15.0 Å². The molecule has 1 aromatic carbocycles. The summed E-state index contributed by atoms with van der Waals surface area (Å²) in [5, 5.41) is 6.29. The van der Waals surface area contributed by atoms with Crippen molar-refractivity contribution in [2.45, 2.75) is 26.2 Å². The number of benzene rings is 1. The SMILES string of the molecule is Cc1cnc(N2CC3(CCOCC3)C2)c(C(=O)Nc2ccc(C(=O)N3CCc4cc(NC(=O)c5ncccc5F)sc4-c4ncccc43)cc2)c1. The molecule has 1 spiro atoms. The molecule has 258 valence electrons. The molecule has 4 aromatic heterocycles. The van der Waals surface area contributed by atoms with Crippen LogP contribution in [0.3, 0.4) is 0 Å². The van der Waals surface area contributed by atoms with Gasteiger partial charge in [0.1, 0.15) is 11.5 Å². The summed E-state index contributed by atoms with van der Waals surface area (Å²) < 4.78 is 19.7. The number of thiophene rings is 1. The molecule has 0 atom stereocenters. The number of carbonyl (C=O) groups excluding carboxylic acids is 3. The Morgan fingerprint density at radius 3 is 2.47 bits per heavy atom. The maximum atomic E-state index is 14.2. The summed E-state index contributed by atoms with van der Waals surface area (Å²) >= 11 is 1.31. The van der Waals surface area contributed by atoms with Gasteiger partial charge < -0.3 is 25.2 Å². The number of nitrogens with zero attached hydrogens (tertiary/aromatic N) is 5. The van der Waals surface area contributed by atoms with Crippen LogP contribution in [0.25, 0.3) is 10.6 Å². The average molecular weight is 704 g/mol. The minimum absolute atomic E-state index is 0.207. The molecule has 5 aromatic rings. The third kappa shape index (κ3) is 6.34. The Labute approximate surface area is 297 Å². The Balaban J connectivity index is 0.971. The second-order valence-electron chi connectivity index (χ2n) is 13.2. The van der Waals surface area contributed by atoms with E-state index in [1.54, 1.807) is 47.6 Å². The van der Waals surface area contributed by atoms with E-state index in [-0.39, 0.29) is 22.9 Å². The summed E-state index contributed by atoms with van der Waals surface area (Å²) in [5.41, 5.74) is 4.56. The Hall–Kier alpha value is -5.53. The highest BCUT2D eigenvalue weighted by molar-refractivity contribution is 7.19. The molecule has 2 N–H and O–H groups in total. The predicted molar refractivity (Wildman–Crippen MR) is 193 cm³/mol. The first-order valence-electron chi connectivity index (χ1n) is 16.8. The van der Waals surface area contributed by atoms with E-state index in [0.29, 0.717) is 52.0 Å². The van der Waals surface area contributed by atoms with E-state index in [1.165, 1.54) is 29.7 Å². The van der Waals surface area contributed by atoms with E-state index in [1.807, 2.05) is 25.1 Å². The Morgan fingerprint density at radius 2 is 1.69 bits per heavy atom. The first kappa shape index (κ1) is 32.7. The second-order valence-corrected chi connectivity index (χ2v) is 14.3. The fourth-order valence-corrected chi connectivity index (χ4v) is 8.13. The standard InChI is InChI=1S/C38H34FN7O4S/c1-23-18-27(34(42-20-23)45-21-38(22-45)11-16-50-17-12-38)35(47)43-26-8-6-24(7-9-26)37(49)46-15-10-25-19-30(44-36(48)31-28(39)4-2-13-40-31)51-33(25)32-29(46)5-3-14-41-32/h2-9,13-14,18-20H,10-12,15-17,21-22H2,1H3,(H,43,47)(H,44,48). The number of nitrogens with one attached hydrogen (secondary N) is 2. The van der Waals surface area contributed by atoms with Gasteiger partial charge in [-0.05, 0) is 98.0 Å². The van der Waals surface area contributed by atoms with Crippen molar-refractivity contribution in [3.63, 3.8) is 0 Å². The number of hydrogen-bond acceptors (Lipinski definition) is 9. The molecule has 0 bridgehead atoms. The third-order valence-electron chi connectivity index (χ3n) is 9.70. The van der Waals surface area contributed by atoms with Gasteiger partial charge in [-0.15, -0.1) is 11.3 Å². The zero-order valence-corrected chi connectivity index (χ0v) is 28.6. The van der Waals surface area contributed by atoms with E-state index in [9.17, 15) is 18.8 Å². The maximum Gasteiger partial charge on any atom is 0.277 e. The molecule has 3 aliphatic rings. The summed E-state index contributed by atoms with van der Waals surface area (Å²) in [6.45, 7) is 5.56. The number of ether oxygens (including phenoxy) is 1. The van der Waals surface area contributed by atoms with Gasteiger partial charge in [-0.3, -0.25) is 19.4 Å². The molecule has 2 fully saturated rings. The van der Waals surface area contributed by atoms with Gasteiger partial charge in [-0.2, -0.15) is 0 Å². The maximum absolute atomic E-state index is 14.2. The highest BCUT2D eigenvalue weighted by atomic mass is 32.1. The van der Waals surface area contributed by atoms with Crippen molar-refractivity contribution in [3.05, 3.63) is 113 Å². The zero-order chi connectivity index (χ0) is 35.1. The fraction of sp³-hybridized carbons (Fsp3) is 0.263. The molecule has 0 aliphatic carbocycles. The number of fused-ring (bicyclic) bond motifs is 3. The van der Waals surface area contributed by atoms with Crippen LogP contribution in [0.1, 0.15) is 55.2 Å². The molecule has 0 saturated carbocycles. The first-order valence-corrected chi connectivity index (χ1v) is 17.6. The van der Waals surface area contributed by atoms with Gasteiger partial charge in [0.05, 0.1) is 21.1 Å². The van der Waals surface area contributed by atoms with Gasteiger partial charge in [0, 0.05) is 68.1 Å². The fourth-order valence-electron chi connectivity index (χ4n) is 7.02. The summed E-state index contributed by atoms with van der Waals surface area (Å²) in [7, 11) is 0. The molecular formula is C38H34FN7O4S. The molecule has 2 saturated heterocycles. The molecule has 51 heavy (non-hydrogen) atoms. The lowest BCUT2D eigenvalue weighted by Crippen LogP contribution is -2.59. The summed E-state index contributed by atoms with van der Waals surface area (Å²) in [6, 6.07) is 16.8. The van der Waals surface area contributed by atoms with Crippen LogP contribution in [-0.4, -0.2) is 65.5 Å². The van der Waals surface area contributed by atoms with Crippen LogP contribution in [0, 0.1) is 18.2 Å². The molecule has 3 amide bonds. The Kier molecular flexibility index (Phi) is 8.52. The lowest BCUT2D eigenvalue weighted by atomic mass is 9.73. The first-order chi connectivity index (χ1) is 24.8. The minimum atomic E-state index is -0.701. The number of pyridine rings is 3. The second kappa shape index (κ2) is 13.3. The van der Waals surface area contributed by atoms with E-state index >= 15 is 0 Å². The molecule has 7 heterocycles.